The molecule has 1 aromatic carbocycles. The molecule has 0 amide bonds. The molecule has 0 spiro atoms. The van der Waals surface area contributed by atoms with E-state index >= 15 is 0 Å². The number of aromatic nitrogens is 1. The number of pyridine rings is 1. The lowest BCUT2D eigenvalue weighted by molar-refractivity contribution is -0.858. The number of carboxylic acids is 2. The van der Waals surface area contributed by atoms with Crippen LogP contribution in [0.2, 0.25) is 0 Å². The smallest absolute Gasteiger partial charge is 0.189 e. The molecular formula is C20H23N3O5. The van der Waals surface area contributed by atoms with Gasteiger partial charge in [-0.3, -0.25) is 0 Å². The van der Waals surface area contributed by atoms with Gasteiger partial charge in [0.1, 0.15) is 12.3 Å². The Bertz CT molecular complexity index is 803. The Morgan fingerprint density at radius 2 is 1.75 bits per heavy atom. The molecule has 1 heterocycles. The van der Waals surface area contributed by atoms with E-state index in [2.05, 4.69) is 54.6 Å². The SMILES string of the molecule is C[NH+](C)CCO/N=C1/c2ccccc2CCc2[nH+]cccc21.O=C([O-])C(=O)[O-]. The zero-order chi connectivity index (χ0) is 20.5. The summed E-state index contributed by atoms with van der Waals surface area (Å²) in [5.41, 5.74) is 5.81. The van der Waals surface area contributed by atoms with Crippen LogP contribution in [0.4, 0.5) is 0 Å². The van der Waals surface area contributed by atoms with Crippen molar-refractivity contribution in [2.24, 2.45) is 5.16 Å². The summed E-state index contributed by atoms with van der Waals surface area (Å²) < 4.78 is 0. The second-order valence-corrected chi connectivity index (χ2v) is 6.52. The number of hydrogen-bond donors (Lipinski definition) is 1. The van der Waals surface area contributed by atoms with Crippen LogP contribution in [0, 0.1) is 0 Å². The number of aryl methyl sites for hydroxylation is 2. The number of oxime groups is 1. The number of likely N-dealkylation sites (N-methyl/N-ethyl adjacent to an activating group) is 1. The van der Waals surface area contributed by atoms with Crippen LogP contribution in [-0.4, -0.2) is 44.9 Å². The Labute approximate surface area is 163 Å². The molecule has 148 valence electrons. The summed E-state index contributed by atoms with van der Waals surface area (Å²) in [6.07, 6.45) is 3.99. The maximum atomic E-state index is 8.93. The number of rotatable bonds is 4. The molecular weight excluding hydrogens is 362 g/mol. The van der Waals surface area contributed by atoms with Crippen molar-refractivity contribution in [3.63, 3.8) is 0 Å². The highest BCUT2D eigenvalue weighted by atomic mass is 16.6. The van der Waals surface area contributed by atoms with Gasteiger partial charge in [0.05, 0.1) is 31.6 Å². The highest BCUT2D eigenvalue weighted by Crippen LogP contribution is 2.22. The zero-order valence-corrected chi connectivity index (χ0v) is 15.9. The van der Waals surface area contributed by atoms with Gasteiger partial charge in [-0.1, -0.05) is 29.4 Å². The lowest BCUT2D eigenvalue weighted by atomic mass is 10.00. The third-order valence-electron chi connectivity index (χ3n) is 4.13. The van der Waals surface area contributed by atoms with E-state index in [4.69, 9.17) is 24.6 Å². The van der Waals surface area contributed by atoms with Gasteiger partial charge >= 0.3 is 0 Å². The Morgan fingerprint density at radius 3 is 2.43 bits per heavy atom. The van der Waals surface area contributed by atoms with E-state index in [-0.39, 0.29) is 0 Å². The number of carbonyl (C=O) groups excluding carboxylic acids is 2. The van der Waals surface area contributed by atoms with Crippen LogP contribution < -0.4 is 20.1 Å². The molecule has 0 fully saturated rings. The van der Waals surface area contributed by atoms with E-state index in [1.165, 1.54) is 21.7 Å². The first-order valence-corrected chi connectivity index (χ1v) is 8.89. The number of H-pyrrole nitrogens is 1. The Kier molecular flexibility index (Phi) is 7.65. The van der Waals surface area contributed by atoms with Crippen molar-refractivity contribution in [2.75, 3.05) is 27.2 Å². The van der Waals surface area contributed by atoms with Crippen LogP contribution in [-0.2, 0) is 27.3 Å². The maximum Gasteiger partial charge on any atom is 0.189 e. The standard InChI is InChI=1S/C18H21N3O.C2H2O4/c1-21(2)12-13-22-20-18-15-7-4-3-6-14(15)9-10-17-16(18)8-5-11-19-17;3-1(4)2(5)6/h3-8,11H,9-10,12-13H2,1-2H3;(H,3,4)(H,5,6)/b20-18-;. The number of carboxylic acid groups (broad SMARTS) is 2. The molecule has 0 saturated heterocycles. The predicted molar refractivity (Wildman–Crippen MR) is 96.1 cm³/mol. The van der Waals surface area contributed by atoms with E-state index in [9.17, 15) is 0 Å². The molecule has 8 nitrogen and oxygen atoms in total. The fourth-order valence-electron chi connectivity index (χ4n) is 2.73. The molecule has 0 saturated carbocycles. The van der Waals surface area contributed by atoms with Crippen molar-refractivity contribution >= 4 is 17.7 Å². The van der Waals surface area contributed by atoms with Crippen LogP contribution in [0.1, 0.15) is 22.4 Å². The average molecular weight is 385 g/mol. The second kappa shape index (κ2) is 10.2. The van der Waals surface area contributed by atoms with Gasteiger partial charge in [0.15, 0.2) is 18.5 Å². The molecule has 8 heteroatoms. The largest absolute Gasteiger partial charge is 0.543 e. The molecule has 0 radical (unpaired) electrons. The van der Waals surface area contributed by atoms with Crippen molar-refractivity contribution in [1.29, 1.82) is 0 Å². The number of benzene rings is 1. The minimum atomic E-state index is -2.19. The van der Waals surface area contributed by atoms with Crippen molar-refractivity contribution in [2.45, 2.75) is 12.8 Å². The average Bonchev–Trinajstić information content (AvgIpc) is 2.83. The number of fused-ring (bicyclic) bond motifs is 2. The fraction of sp³-hybridized carbons (Fsp3) is 0.300. The molecule has 0 unspecified atom stereocenters. The molecule has 2 N–H and O–H groups in total. The lowest BCUT2D eigenvalue weighted by Crippen LogP contribution is -3.06. The van der Waals surface area contributed by atoms with Crippen molar-refractivity contribution < 1.29 is 34.5 Å². The summed E-state index contributed by atoms with van der Waals surface area (Å²) in [6.45, 7) is 1.56. The fourth-order valence-corrected chi connectivity index (χ4v) is 2.73. The third-order valence-corrected chi connectivity index (χ3v) is 4.13. The van der Waals surface area contributed by atoms with Gasteiger partial charge in [0, 0.05) is 18.1 Å². The molecule has 1 aliphatic carbocycles. The number of aliphatic carboxylic acids is 2. The van der Waals surface area contributed by atoms with Crippen LogP contribution in [0.15, 0.2) is 47.8 Å². The maximum absolute atomic E-state index is 8.93. The van der Waals surface area contributed by atoms with Crippen molar-refractivity contribution in [3.05, 3.63) is 65.0 Å². The monoisotopic (exact) mass is 385 g/mol. The lowest BCUT2D eigenvalue weighted by Gasteiger charge is -2.09. The van der Waals surface area contributed by atoms with Gasteiger partial charge in [-0.15, -0.1) is 0 Å². The van der Waals surface area contributed by atoms with Gasteiger partial charge in [-0.25, -0.2) is 4.98 Å². The third kappa shape index (κ3) is 5.88. The summed E-state index contributed by atoms with van der Waals surface area (Å²) in [6, 6.07) is 12.6. The van der Waals surface area contributed by atoms with E-state index in [0.717, 1.165) is 30.7 Å². The van der Waals surface area contributed by atoms with Gasteiger partial charge in [0.2, 0.25) is 0 Å². The molecule has 1 aromatic heterocycles. The number of nitrogens with one attached hydrogen (secondary N) is 2. The van der Waals surface area contributed by atoms with E-state index in [1.807, 2.05) is 12.3 Å². The summed E-state index contributed by atoms with van der Waals surface area (Å²) in [7, 11) is 4.23. The highest BCUT2D eigenvalue weighted by molar-refractivity contribution is 6.25. The highest BCUT2D eigenvalue weighted by Gasteiger charge is 2.23. The Morgan fingerprint density at radius 1 is 1.07 bits per heavy atom. The number of nitrogens with zero attached hydrogens (tertiary/aromatic N) is 1. The van der Waals surface area contributed by atoms with Crippen LogP contribution in [0.5, 0.6) is 0 Å². The summed E-state index contributed by atoms with van der Waals surface area (Å²) in [5.74, 6) is -4.37. The number of quaternary nitrogens is 1. The zero-order valence-electron chi connectivity index (χ0n) is 15.9. The van der Waals surface area contributed by atoms with E-state index in [0.29, 0.717) is 6.61 Å². The number of hydrogen-bond acceptors (Lipinski definition) is 6. The van der Waals surface area contributed by atoms with Crippen molar-refractivity contribution in [3.8, 4) is 0 Å². The van der Waals surface area contributed by atoms with E-state index < -0.39 is 11.9 Å². The van der Waals surface area contributed by atoms with Gasteiger partial charge in [-0.2, -0.15) is 0 Å². The number of carbonyl (C=O) groups is 2. The molecule has 2 aromatic rings. The summed E-state index contributed by atoms with van der Waals surface area (Å²) in [4.78, 5) is 28.2. The first-order valence-electron chi connectivity index (χ1n) is 8.89. The van der Waals surface area contributed by atoms with Gasteiger partial charge in [-0.05, 0) is 18.1 Å². The molecule has 0 bridgehead atoms. The van der Waals surface area contributed by atoms with Crippen LogP contribution in [0.25, 0.3) is 0 Å². The normalized spacial score (nSPS) is 13.6. The van der Waals surface area contributed by atoms with E-state index in [1.54, 1.807) is 0 Å². The molecule has 1 aliphatic rings. The van der Waals surface area contributed by atoms with Crippen LogP contribution in [0.3, 0.4) is 0 Å². The summed E-state index contributed by atoms with van der Waals surface area (Å²) >= 11 is 0. The molecule has 0 aliphatic heterocycles. The Hall–Kier alpha value is -3.26. The predicted octanol–water partition coefficient (Wildman–Crippen LogP) is -3.00. The van der Waals surface area contributed by atoms with Crippen LogP contribution >= 0.6 is 0 Å². The first kappa shape index (κ1) is 21.0. The quantitative estimate of drug-likeness (QED) is 0.342. The Balaban J connectivity index is 0.000000409. The molecule has 3 rings (SSSR count). The topological polar surface area (TPSA) is 120 Å². The second-order valence-electron chi connectivity index (χ2n) is 6.52. The number of aromatic amines is 1. The first-order chi connectivity index (χ1) is 13.4. The summed E-state index contributed by atoms with van der Waals surface area (Å²) in [5, 5.41) is 22.3. The minimum absolute atomic E-state index is 0.625. The molecule has 0 atom stereocenters. The van der Waals surface area contributed by atoms with Gasteiger partial charge < -0.3 is 29.5 Å². The molecule has 28 heavy (non-hydrogen) atoms. The van der Waals surface area contributed by atoms with Crippen molar-refractivity contribution in [1.82, 2.24) is 0 Å². The van der Waals surface area contributed by atoms with Gasteiger partial charge in [0.25, 0.3) is 0 Å². The minimum Gasteiger partial charge on any atom is -0.543 e.